The minimum atomic E-state index is -0.622. The summed E-state index contributed by atoms with van der Waals surface area (Å²) >= 11 is 6.20. The molecule has 1 aliphatic rings. The van der Waals surface area contributed by atoms with Crippen molar-refractivity contribution in [2.24, 2.45) is 0 Å². The summed E-state index contributed by atoms with van der Waals surface area (Å²) in [4.78, 5) is 29.7. The average molecular weight is 352 g/mol. The van der Waals surface area contributed by atoms with E-state index in [1.54, 1.807) is 12.1 Å². The number of ether oxygens (including phenoxy) is 1. The van der Waals surface area contributed by atoms with Crippen LogP contribution in [-0.4, -0.2) is 53.7 Å². The molecule has 126 valence electrons. The Morgan fingerprint density at radius 2 is 2.33 bits per heavy atom. The number of hydrogen-bond acceptors (Lipinski definition) is 7. The lowest BCUT2D eigenvalue weighted by Crippen LogP contribution is -2.31. The molecule has 1 amide bonds. The maximum atomic E-state index is 12.5. The number of fused-ring (bicyclic) bond motifs is 1. The summed E-state index contributed by atoms with van der Waals surface area (Å²) in [6.07, 6.45) is 1.29. The molecule has 1 aliphatic heterocycles. The van der Waals surface area contributed by atoms with Crippen LogP contribution in [-0.2, 0) is 14.3 Å². The first kappa shape index (κ1) is 16.3. The van der Waals surface area contributed by atoms with Gasteiger partial charge in [-0.25, -0.2) is 9.78 Å². The lowest BCUT2D eigenvalue weighted by atomic mass is 10.2. The quantitative estimate of drug-likeness (QED) is 0.778. The molecule has 1 aromatic carbocycles. The van der Waals surface area contributed by atoms with E-state index in [0.717, 1.165) is 0 Å². The smallest absolute Gasteiger partial charge is 0.337 e. The number of benzene rings is 1. The van der Waals surface area contributed by atoms with E-state index < -0.39 is 11.9 Å². The lowest BCUT2D eigenvalue weighted by molar-refractivity contribution is -0.136. The number of β-amino-alcohol motifs (C(OH)–C–C–N with tert-alkyl or cyclic N) is 1. The van der Waals surface area contributed by atoms with Gasteiger partial charge in [0.15, 0.2) is 12.0 Å². The summed E-state index contributed by atoms with van der Waals surface area (Å²) < 4.78 is 9.94. The molecule has 24 heavy (non-hydrogen) atoms. The molecule has 2 aromatic rings. The van der Waals surface area contributed by atoms with E-state index in [1.165, 1.54) is 18.4 Å². The maximum Gasteiger partial charge on any atom is 0.337 e. The molecule has 1 aromatic heterocycles. The highest BCUT2D eigenvalue weighted by Gasteiger charge is 2.34. The number of hydrogen-bond donors (Lipinski definition) is 2. The number of anilines is 1. The van der Waals surface area contributed by atoms with Gasteiger partial charge in [0, 0.05) is 12.6 Å². The normalized spacial score (nSPS) is 14.6. The highest BCUT2D eigenvalue weighted by Crippen LogP contribution is 2.31. The molecule has 0 atom stereocenters. The van der Waals surface area contributed by atoms with Gasteiger partial charge < -0.3 is 24.5 Å². The van der Waals surface area contributed by atoms with Crippen molar-refractivity contribution in [3.63, 3.8) is 0 Å². The van der Waals surface area contributed by atoms with Crippen molar-refractivity contribution in [3.05, 3.63) is 34.8 Å². The van der Waals surface area contributed by atoms with Crippen molar-refractivity contribution in [1.82, 2.24) is 9.88 Å². The van der Waals surface area contributed by atoms with Gasteiger partial charge in [0.05, 0.1) is 36.5 Å². The van der Waals surface area contributed by atoms with Crippen LogP contribution in [0.3, 0.4) is 0 Å². The van der Waals surface area contributed by atoms with Gasteiger partial charge in [0.2, 0.25) is 0 Å². The van der Waals surface area contributed by atoms with Crippen LogP contribution in [0.25, 0.3) is 11.1 Å². The number of aromatic nitrogens is 1. The molecule has 8 nitrogen and oxygen atoms in total. The molecule has 0 radical (unpaired) electrons. The number of carbonyl (C=O) groups is 2. The zero-order valence-electron chi connectivity index (χ0n) is 12.7. The maximum absolute atomic E-state index is 12.5. The van der Waals surface area contributed by atoms with E-state index in [2.05, 4.69) is 10.3 Å². The summed E-state index contributed by atoms with van der Waals surface area (Å²) in [6.45, 7) is -0.0474. The van der Waals surface area contributed by atoms with Gasteiger partial charge in [-0.1, -0.05) is 11.6 Å². The van der Waals surface area contributed by atoms with Crippen LogP contribution in [0.5, 0.6) is 0 Å². The van der Waals surface area contributed by atoms with Crippen LogP contribution >= 0.6 is 11.6 Å². The fourth-order valence-corrected chi connectivity index (χ4v) is 2.66. The van der Waals surface area contributed by atoms with Crippen LogP contribution in [0.1, 0.15) is 0 Å². The summed E-state index contributed by atoms with van der Waals surface area (Å²) in [7, 11) is 1.24. The van der Waals surface area contributed by atoms with Gasteiger partial charge in [-0.2, -0.15) is 0 Å². The Kier molecular flexibility index (Phi) is 4.41. The number of methoxy groups -OCH3 is 1. The van der Waals surface area contributed by atoms with Crippen molar-refractivity contribution in [3.8, 4) is 0 Å². The van der Waals surface area contributed by atoms with Gasteiger partial charge in [-0.15, -0.1) is 0 Å². The van der Waals surface area contributed by atoms with E-state index in [0.29, 0.717) is 21.8 Å². The van der Waals surface area contributed by atoms with E-state index in [4.69, 9.17) is 25.9 Å². The average Bonchev–Trinajstić information content (AvgIpc) is 3.13. The number of amides is 1. The predicted molar refractivity (Wildman–Crippen MR) is 85.3 cm³/mol. The Morgan fingerprint density at radius 1 is 1.54 bits per heavy atom. The van der Waals surface area contributed by atoms with Crippen LogP contribution < -0.4 is 5.32 Å². The molecule has 2 heterocycles. The van der Waals surface area contributed by atoms with E-state index in [1.807, 2.05) is 0 Å². The number of halogens is 1. The minimum absolute atomic E-state index is 0.0522. The number of nitrogens with one attached hydrogen (secondary N) is 1. The van der Waals surface area contributed by atoms with Crippen molar-refractivity contribution >= 4 is 40.3 Å². The summed E-state index contributed by atoms with van der Waals surface area (Å²) in [5.41, 5.74) is 1.70. The van der Waals surface area contributed by atoms with Crippen LogP contribution in [0.15, 0.2) is 34.2 Å². The second kappa shape index (κ2) is 6.50. The number of aliphatic hydroxyl groups is 1. The third-order valence-corrected chi connectivity index (χ3v) is 3.95. The zero-order chi connectivity index (χ0) is 17.3. The van der Waals surface area contributed by atoms with Gasteiger partial charge in [0.1, 0.15) is 11.2 Å². The Balaban J connectivity index is 1.98. The van der Waals surface area contributed by atoms with Crippen LogP contribution in [0.2, 0.25) is 5.02 Å². The molecular weight excluding hydrogens is 338 g/mol. The third-order valence-electron chi connectivity index (χ3n) is 3.63. The largest absolute Gasteiger partial charge is 0.466 e. The molecule has 2 N–H and O–H groups in total. The lowest BCUT2D eigenvalue weighted by Gasteiger charge is -2.15. The standard InChI is InChI=1S/C15H14ClN3O5/c1-23-15(22)8-6-19(2-3-20)14(21)13(8)18-10-5-12-11(4-9(10)16)17-7-24-12/h4-5,7,18,20H,2-3,6H2,1H3. The number of aliphatic hydroxyl groups excluding tert-OH is 1. The Labute approximate surface area is 141 Å². The fourth-order valence-electron chi connectivity index (χ4n) is 2.46. The van der Waals surface area contributed by atoms with Crippen molar-refractivity contribution < 1.29 is 23.8 Å². The number of esters is 1. The first-order chi connectivity index (χ1) is 11.5. The molecule has 0 bridgehead atoms. The molecule has 0 unspecified atom stereocenters. The first-order valence-electron chi connectivity index (χ1n) is 7.06. The Bertz CT molecular complexity index is 845. The van der Waals surface area contributed by atoms with Gasteiger partial charge in [-0.05, 0) is 6.07 Å². The van der Waals surface area contributed by atoms with E-state index >= 15 is 0 Å². The Morgan fingerprint density at radius 3 is 3.04 bits per heavy atom. The molecule has 9 heteroatoms. The first-order valence-corrected chi connectivity index (χ1v) is 7.44. The second-order valence-electron chi connectivity index (χ2n) is 5.07. The molecule has 0 spiro atoms. The van der Waals surface area contributed by atoms with Crippen LogP contribution in [0.4, 0.5) is 5.69 Å². The third kappa shape index (κ3) is 2.81. The molecule has 0 saturated heterocycles. The molecular formula is C15H14ClN3O5. The van der Waals surface area contributed by atoms with Gasteiger partial charge in [0.25, 0.3) is 5.91 Å². The number of rotatable bonds is 5. The zero-order valence-corrected chi connectivity index (χ0v) is 13.5. The number of oxazole rings is 1. The monoisotopic (exact) mass is 351 g/mol. The SMILES string of the molecule is COC(=O)C1=C(Nc2cc3ocnc3cc2Cl)C(=O)N(CCO)C1. The number of nitrogens with zero attached hydrogens (tertiary/aromatic N) is 2. The minimum Gasteiger partial charge on any atom is -0.466 e. The predicted octanol–water partition coefficient (Wildman–Crippen LogP) is 1.15. The van der Waals surface area contributed by atoms with Crippen LogP contribution in [0, 0.1) is 0 Å². The van der Waals surface area contributed by atoms with E-state index in [-0.39, 0.29) is 31.0 Å². The van der Waals surface area contributed by atoms with Crippen molar-refractivity contribution in [2.75, 3.05) is 32.1 Å². The summed E-state index contributed by atoms with van der Waals surface area (Å²) in [6, 6.07) is 3.18. The highest BCUT2D eigenvalue weighted by molar-refractivity contribution is 6.34. The summed E-state index contributed by atoms with van der Waals surface area (Å²) in [5.74, 6) is -1.04. The second-order valence-corrected chi connectivity index (χ2v) is 5.48. The summed E-state index contributed by atoms with van der Waals surface area (Å²) in [5, 5.41) is 12.3. The van der Waals surface area contributed by atoms with Gasteiger partial charge in [-0.3, -0.25) is 4.79 Å². The fraction of sp³-hybridized carbons (Fsp3) is 0.267. The molecule has 0 aliphatic carbocycles. The molecule has 3 rings (SSSR count). The van der Waals surface area contributed by atoms with Gasteiger partial charge >= 0.3 is 5.97 Å². The number of carbonyl (C=O) groups excluding carboxylic acids is 2. The van der Waals surface area contributed by atoms with E-state index in [9.17, 15) is 9.59 Å². The van der Waals surface area contributed by atoms with Crippen molar-refractivity contribution in [2.45, 2.75) is 0 Å². The molecule has 0 saturated carbocycles. The van der Waals surface area contributed by atoms with Crippen molar-refractivity contribution in [1.29, 1.82) is 0 Å². The topological polar surface area (TPSA) is 105 Å². The molecule has 0 fully saturated rings. The highest BCUT2D eigenvalue weighted by atomic mass is 35.5. The Hall–Kier alpha value is -2.58.